The summed E-state index contributed by atoms with van der Waals surface area (Å²) in [6, 6.07) is 7.31. The molecular formula is C15H18N4OS. The van der Waals surface area contributed by atoms with E-state index in [-0.39, 0.29) is 5.91 Å². The molecule has 1 aromatic carbocycles. The normalized spacial score (nSPS) is 10.4. The summed E-state index contributed by atoms with van der Waals surface area (Å²) in [5.41, 5.74) is 8.53. The summed E-state index contributed by atoms with van der Waals surface area (Å²) in [4.78, 5) is 14.5. The Morgan fingerprint density at radius 3 is 2.81 bits per heavy atom. The molecule has 0 saturated heterocycles. The number of carbonyl (C=O) groups is 1. The number of thiocarbonyl (C=S) groups is 1. The van der Waals surface area contributed by atoms with Gasteiger partial charge >= 0.3 is 0 Å². The highest BCUT2D eigenvalue weighted by Crippen LogP contribution is 2.19. The molecule has 5 nitrogen and oxygen atoms in total. The van der Waals surface area contributed by atoms with Crippen LogP contribution in [0.5, 0.6) is 0 Å². The maximum atomic E-state index is 12.6. The first-order chi connectivity index (χ1) is 9.93. The Hall–Kier alpha value is -2.21. The van der Waals surface area contributed by atoms with Crippen molar-refractivity contribution >= 4 is 28.8 Å². The summed E-state index contributed by atoms with van der Waals surface area (Å²) in [7, 11) is 3.54. The highest BCUT2D eigenvalue weighted by Gasteiger charge is 2.19. The smallest absolute Gasteiger partial charge is 0.261 e. The van der Waals surface area contributed by atoms with Gasteiger partial charge in [-0.25, -0.2) is 0 Å². The van der Waals surface area contributed by atoms with Gasteiger partial charge in [0, 0.05) is 31.5 Å². The molecule has 0 aliphatic rings. The average Bonchev–Trinajstić information content (AvgIpc) is 2.86. The Balaban J connectivity index is 2.34. The Morgan fingerprint density at radius 2 is 2.19 bits per heavy atom. The zero-order valence-electron chi connectivity index (χ0n) is 12.3. The van der Waals surface area contributed by atoms with Crippen LogP contribution in [0.25, 0.3) is 0 Å². The van der Waals surface area contributed by atoms with Gasteiger partial charge in [-0.3, -0.25) is 9.48 Å². The molecule has 1 amide bonds. The molecule has 0 unspecified atom stereocenters. The maximum absolute atomic E-state index is 12.6. The number of amides is 1. The van der Waals surface area contributed by atoms with Gasteiger partial charge in [0.25, 0.3) is 5.91 Å². The minimum absolute atomic E-state index is 0.0972. The van der Waals surface area contributed by atoms with Crippen LogP contribution in [0.3, 0.4) is 0 Å². The minimum atomic E-state index is -0.0972. The van der Waals surface area contributed by atoms with E-state index in [4.69, 9.17) is 18.0 Å². The minimum Gasteiger partial charge on any atom is -0.389 e. The number of hydrogen-bond acceptors (Lipinski definition) is 3. The van der Waals surface area contributed by atoms with Gasteiger partial charge in [-0.1, -0.05) is 31.3 Å². The molecule has 0 spiro atoms. The first kappa shape index (κ1) is 15.2. The Kier molecular flexibility index (Phi) is 4.37. The zero-order valence-corrected chi connectivity index (χ0v) is 13.1. The van der Waals surface area contributed by atoms with E-state index < -0.39 is 0 Å². The van der Waals surface area contributed by atoms with Crippen molar-refractivity contribution in [2.45, 2.75) is 13.3 Å². The Morgan fingerprint density at radius 1 is 1.48 bits per heavy atom. The molecule has 1 heterocycles. The summed E-state index contributed by atoms with van der Waals surface area (Å²) < 4.78 is 1.66. The fourth-order valence-electron chi connectivity index (χ4n) is 2.14. The molecule has 0 aliphatic heterocycles. The highest BCUT2D eigenvalue weighted by molar-refractivity contribution is 7.80. The molecule has 2 aromatic rings. The summed E-state index contributed by atoms with van der Waals surface area (Å²) in [5.74, 6) is -0.0972. The SMILES string of the molecule is CCc1nn(C)cc1C(=O)N(C)c1cccc(C(N)=S)c1. The second-order valence-corrected chi connectivity index (χ2v) is 5.24. The second-order valence-electron chi connectivity index (χ2n) is 4.80. The van der Waals surface area contributed by atoms with Crippen molar-refractivity contribution in [3.8, 4) is 0 Å². The van der Waals surface area contributed by atoms with Gasteiger partial charge in [0.15, 0.2) is 0 Å². The van der Waals surface area contributed by atoms with E-state index >= 15 is 0 Å². The van der Waals surface area contributed by atoms with E-state index in [2.05, 4.69) is 5.10 Å². The predicted molar refractivity (Wildman–Crippen MR) is 87.6 cm³/mol. The number of aryl methyl sites for hydroxylation is 2. The van der Waals surface area contributed by atoms with Crippen LogP contribution in [0.15, 0.2) is 30.5 Å². The molecule has 0 atom stereocenters. The number of carbonyl (C=O) groups excluding carboxylic acids is 1. The Labute approximate surface area is 129 Å². The topological polar surface area (TPSA) is 64.2 Å². The van der Waals surface area contributed by atoms with Crippen LogP contribution in [0.2, 0.25) is 0 Å². The molecule has 2 N–H and O–H groups in total. The number of nitrogens with two attached hydrogens (primary N) is 1. The molecule has 110 valence electrons. The van der Waals surface area contributed by atoms with Gasteiger partial charge in [-0.15, -0.1) is 0 Å². The van der Waals surface area contributed by atoms with Crippen LogP contribution in [-0.4, -0.2) is 27.7 Å². The number of nitrogens with zero attached hydrogens (tertiary/aromatic N) is 3. The molecule has 2 rings (SSSR count). The van der Waals surface area contributed by atoms with E-state index in [1.807, 2.05) is 38.2 Å². The lowest BCUT2D eigenvalue weighted by atomic mass is 10.1. The van der Waals surface area contributed by atoms with Gasteiger partial charge in [0.1, 0.15) is 4.99 Å². The zero-order chi connectivity index (χ0) is 15.6. The first-order valence-corrected chi connectivity index (χ1v) is 7.05. The maximum Gasteiger partial charge on any atom is 0.261 e. The summed E-state index contributed by atoms with van der Waals surface area (Å²) >= 11 is 4.97. The third-order valence-electron chi connectivity index (χ3n) is 3.29. The van der Waals surface area contributed by atoms with Crippen molar-refractivity contribution in [2.24, 2.45) is 12.8 Å². The lowest BCUT2D eigenvalue weighted by Gasteiger charge is -2.18. The molecule has 21 heavy (non-hydrogen) atoms. The number of anilines is 1. The molecule has 0 fully saturated rings. The fourth-order valence-corrected chi connectivity index (χ4v) is 2.27. The summed E-state index contributed by atoms with van der Waals surface area (Å²) in [5, 5.41) is 4.30. The van der Waals surface area contributed by atoms with E-state index in [9.17, 15) is 4.79 Å². The van der Waals surface area contributed by atoms with Crippen molar-refractivity contribution in [1.82, 2.24) is 9.78 Å². The number of aromatic nitrogens is 2. The lowest BCUT2D eigenvalue weighted by Crippen LogP contribution is -2.27. The molecule has 0 radical (unpaired) electrons. The van der Waals surface area contributed by atoms with Gasteiger partial charge < -0.3 is 10.6 Å². The van der Waals surface area contributed by atoms with Crippen molar-refractivity contribution < 1.29 is 4.79 Å². The van der Waals surface area contributed by atoms with Crippen molar-refractivity contribution in [3.05, 3.63) is 47.3 Å². The molecule has 0 bridgehead atoms. The van der Waals surface area contributed by atoms with Gasteiger partial charge in [-0.05, 0) is 18.6 Å². The molecule has 0 aliphatic carbocycles. The largest absolute Gasteiger partial charge is 0.389 e. The second kappa shape index (κ2) is 6.05. The summed E-state index contributed by atoms with van der Waals surface area (Å²) in [6.45, 7) is 1.98. The number of hydrogen-bond donors (Lipinski definition) is 1. The van der Waals surface area contributed by atoms with Crippen LogP contribution in [0, 0.1) is 0 Å². The van der Waals surface area contributed by atoms with Crippen molar-refractivity contribution in [3.63, 3.8) is 0 Å². The van der Waals surface area contributed by atoms with E-state index in [0.717, 1.165) is 16.9 Å². The van der Waals surface area contributed by atoms with Crippen LogP contribution < -0.4 is 10.6 Å². The van der Waals surface area contributed by atoms with E-state index in [0.29, 0.717) is 17.0 Å². The fraction of sp³-hybridized carbons (Fsp3) is 0.267. The van der Waals surface area contributed by atoms with Gasteiger partial charge in [-0.2, -0.15) is 5.10 Å². The van der Waals surface area contributed by atoms with E-state index in [1.165, 1.54) is 0 Å². The first-order valence-electron chi connectivity index (χ1n) is 6.64. The van der Waals surface area contributed by atoms with E-state index in [1.54, 1.807) is 22.8 Å². The van der Waals surface area contributed by atoms with Gasteiger partial charge in [0.2, 0.25) is 0 Å². The lowest BCUT2D eigenvalue weighted by molar-refractivity contribution is 0.0992. The highest BCUT2D eigenvalue weighted by atomic mass is 32.1. The van der Waals surface area contributed by atoms with Crippen molar-refractivity contribution in [1.29, 1.82) is 0 Å². The quantitative estimate of drug-likeness (QED) is 0.876. The van der Waals surface area contributed by atoms with Crippen LogP contribution in [0.4, 0.5) is 5.69 Å². The standard InChI is InChI=1S/C15H18N4OS/c1-4-13-12(9-18(2)17-13)15(20)19(3)11-7-5-6-10(8-11)14(16)21/h5-9H,4H2,1-3H3,(H2,16,21). The molecule has 1 aromatic heterocycles. The third kappa shape index (κ3) is 3.11. The van der Waals surface area contributed by atoms with Crippen LogP contribution >= 0.6 is 12.2 Å². The number of rotatable bonds is 4. The average molecular weight is 302 g/mol. The van der Waals surface area contributed by atoms with Gasteiger partial charge in [0.05, 0.1) is 11.3 Å². The molecule has 6 heteroatoms. The third-order valence-corrected chi connectivity index (χ3v) is 3.53. The Bertz CT molecular complexity index is 693. The predicted octanol–water partition coefficient (Wildman–Crippen LogP) is 1.89. The number of benzene rings is 1. The van der Waals surface area contributed by atoms with Crippen LogP contribution in [-0.2, 0) is 13.5 Å². The molecule has 0 saturated carbocycles. The van der Waals surface area contributed by atoms with Crippen LogP contribution in [0.1, 0.15) is 28.5 Å². The molecular weight excluding hydrogens is 284 g/mol. The monoisotopic (exact) mass is 302 g/mol. The van der Waals surface area contributed by atoms with Crippen molar-refractivity contribution in [2.75, 3.05) is 11.9 Å². The summed E-state index contributed by atoms with van der Waals surface area (Å²) in [6.07, 6.45) is 2.46.